The number of hydrogen-bond acceptors (Lipinski definition) is 4. The van der Waals surface area contributed by atoms with Gasteiger partial charge in [-0.05, 0) is 12.8 Å². The van der Waals surface area contributed by atoms with Gasteiger partial charge in [-0.1, -0.05) is 26.1 Å². The number of thiocarbonyl (C=S) groups is 1. The Labute approximate surface area is 120 Å². The lowest BCUT2D eigenvalue weighted by molar-refractivity contribution is -0.127. The smallest absolute Gasteiger partial charge is 0.233 e. The highest BCUT2D eigenvalue weighted by molar-refractivity contribution is 7.80. The van der Waals surface area contributed by atoms with Gasteiger partial charge in [0.15, 0.2) is 0 Å². The molecule has 0 aromatic rings. The summed E-state index contributed by atoms with van der Waals surface area (Å²) >= 11 is 5.07. The molecule has 1 aliphatic heterocycles. The summed E-state index contributed by atoms with van der Waals surface area (Å²) in [4.78, 5) is 14.9. The molecule has 1 amide bonds. The Morgan fingerprint density at radius 3 is 2.42 bits per heavy atom. The van der Waals surface area contributed by atoms with Gasteiger partial charge >= 0.3 is 0 Å². The number of rotatable bonds is 7. The minimum atomic E-state index is -0.694. The molecule has 5 nitrogen and oxygen atoms in total. The van der Waals surface area contributed by atoms with Crippen LogP contribution in [0.15, 0.2) is 0 Å². The van der Waals surface area contributed by atoms with Gasteiger partial charge in [0.25, 0.3) is 0 Å². The lowest BCUT2D eigenvalue weighted by Gasteiger charge is -2.30. The van der Waals surface area contributed by atoms with E-state index >= 15 is 0 Å². The zero-order valence-corrected chi connectivity index (χ0v) is 12.7. The van der Waals surface area contributed by atoms with Gasteiger partial charge in [-0.2, -0.15) is 0 Å². The molecule has 0 aromatic carbocycles. The van der Waals surface area contributed by atoms with E-state index in [2.05, 4.69) is 10.2 Å². The summed E-state index contributed by atoms with van der Waals surface area (Å²) in [5.41, 5.74) is 5.06. The predicted molar refractivity (Wildman–Crippen MR) is 80.1 cm³/mol. The fourth-order valence-electron chi connectivity index (χ4n) is 2.35. The molecular weight excluding hydrogens is 262 g/mol. The number of amides is 1. The van der Waals surface area contributed by atoms with Crippen LogP contribution in [-0.2, 0) is 9.53 Å². The summed E-state index contributed by atoms with van der Waals surface area (Å²) in [6, 6.07) is 0. The third kappa shape index (κ3) is 4.12. The highest BCUT2D eigenvalue weighted by Crippen LogP contribution is 2.27. The molecule has 1 rings (SSSR count). The van der Waals surface area contributed by atoms with Crippen molar-refractivity contribution in [3.05, 3.63) is 0 Å². The number of carbonyl (C=O) groups is 1. The number of carbonyl (C=O) groups excluding carboxylic acids is 1. The Morgan fingerprint density at radius 1 is 1.37 bits per heavy atom. The Morgan fingerprint density at radius 2 is 1.95 bits per heavy atom. The first-order valence-electron chi connectivity index (χ1n) is 6.95. The van der Waals surface area contributed by atoms with Crippen LogP contribution in [0.1, 0.15) is 26.7 Å². The largest absolute Gasteiger partial charge is 0.392 e. The van der Waals surface area contributed by atoms with Gasteiger partial charge in [0.2, 0.25) is 5.91 Å². The Balaban J connectivity index is 2.42. The fraction of sp³-hybridized carbons (Fsp3) is 0.846. The molecule has 0 unspecified atom stereocenters. The molecule has 19 heavy (non-hydrogen) atoms. The average molecular weight is 287 g/mol. The van der Waals surface area contributed by atoms with Gasteiger partial charge in [0.1, 0.15) is 0 Å². The minimum Gasteiger partial charge on any atom is -0.392 e. The molecule has 110 valence electrons. The SMILES string of the molecule is CCC(CC)(C(=O)NCCN1CCOCC1)C(N)=S. The number of nitrogens with zero attached hydrogens (tertiary/aromatic N) is 1. The van der Waals surface area contributed by atoms with Crippen LogP contribution in [0.4, 0.5) is 0 Å². The molecule has 1 saturated heterocycles. The van der Waals surface area contributed by atoms with E-state index in [4.69, 9.17) is 22.7 Å². The quantitative estimate of drug-likeness (QED) is 0.669. The monoisotopic (exact) mass is 287 g/mol. The molecule has 0 atom stereocenters. The third-order valence-corrected chi connectivity index (χ3v) is 4.32. The van der Waals surface area contributed by atoms with Gasteiger partial charge in [-0.15, -0.1) is 0 Å². The predicted octanol–water partition coefficient (Wildman–Crippen LogP) is 0.527. The first-order chi connectivity index (χ1) is 9.06. The molecule has 0 aliphatic carbocycles. The van der Waals surface area contributed by atoms with Crippen molar-refractivity contribution >= 4 is 23.1 Å². The van der Waals surface area contributed by atoms with Gasteiger partial charge in [0, 0.05) is 26.2 Å². The van der Waals surface area contributed by atoms with Crippen LogP contribution in [0.2, 0.25) is 0 Å². The highest BCUT2D eigenvalue weighted by atomic mass is 32.1. The fourth-order valence-corrected chi connectivity index (χ4v) is 2.73. The molecule has 3 N–H and O–H groups in total. The van der Waals surface area contributed by atoms with Crippen LogP contribution in [0.3, 0.4) is 0 Å². The van der Waals surface area contributed by atoms with Crippen molar-refractivity contribution in [1.82, 2.24) is 10.2 Å². The molecule has 6 heteroatoms. The van der Waals surface area contributed by atoms with Crippen molar-refractivity contribution < 1.29 is 9.53 Å². The number of morpholine rings is 1. The first-order valence-corrected chi connectivity index (χ1v) is 7.36. The van der Waals surface area contributed by atoms with Crippen molar-refractivity contribution in [2.24, 2.45) is 11.1 Å². The van der Waals surface area contributed by atoms with E-state index in [1.54, 1.807) is 0 Å². The van der Waals surface area contributed by atoms with Crippen LogP contribution in [0.25, 0.3) is 0 Å². The van der Waals surface area contributed by atoms with Crippen molar-refractivity contribution in [2.75, 3.05) is 39.4 Å². The van der Waals surface area contributed by atoms with E-state index in [0.29, 0.717) is 24.4 Å². The van der Waals surface area contributed by atoms with Gasteiger partial charge in [-0.25, -0.2) is 0 Å². The lowest BCUT2D eigenvalue weighted by atomic mass is 9.81. The summed E-state index contributed by atoms with van der Waals surface area (Å²) in [5, 5.41) is 2.97. The van der Waals surface area contributed by atoms with Crippen molar-refractivity contribution in [2.45, 2.75) is 26.7 Å². The van der Waals surface area contributed by atoms with Crippen molar-refractivity contribution in [3.63, 3.8) is 0 Å². The molecule has 0 spiro atoms. The molecule has 0 aromatic heterocycles. The summed E-state index contributed by atoms with van der Waals surface area (Å²) in [5.74, 6) is -0.0433. The van der Waals surface area contributed by atoms with E-state index in [1.165, 1.54) is 0 Å². The van der Waals surface area contributed by atoms with Crippen LogP contribution in [0.5, 0.6) is 0 Å². The standard InChI is InChI=1S/C13H25N3O2S/c1-3-13(4-2,11(14)19)12(17)15-5-6-16-7-9-18-10-8-16/h3-10H2,1-2H3,(H2,14,19)(H,15,17). The van der Waals surface area contributed by atoms with E-state index in [-0.39, 0.29) is 5.91 Å². The number of hydrogen-bond donors (Lipinski definition) is 2. The average Bonchev–Trinajstić information content (AvgIpc) is 2.41. The molecule has 1 heterocycles. The van der Waals surface area contributed by atoms with Gasteiger partial charge in [-0.3, -0.25) is 9.69 Å². The normalized spacial score (nSPS) is 17.2. The minimum absolute atomic E-state index is 0.0433. The number of nitrogens with one attached hydrogen (secondary N) is 1. The maximum atomic E-state index is 12.3. The van der Waals surface area contributed by atoms with Crippen LogP contribution < -0.4 is 11.1 Å². The molecule has 0 bridgehead atoms. The third-order valence-electron chi connectivity index (χ3n) is 3.93. The lowest BCUT2D eigenvalue weighted by Crippen LogP contribution is -2.50. The summed E-state index contributed by atoms with van der Waals surface area (Å²) in [7, 11) is 0. The molecule has 1 aliphatic rings. The summed E-state index contributed by atoms with van der Waals surface area (Å²) < 4.78 is 5.28. The number of ether oxygens (including phenoxy) is 1. The van der Waals surface area contributed by atoms with E-state index in [1.807, 2.05) is 13.8 Å². The second kappa shape index (κ2) is 7.77. The Bertz CT molecular complexity index is 313. The van der Waals surface area contributed by atoms with E-state index in [0.717, 1.165) is 32.8 Å². The highest BCUT2D eigenvalue weighted by Gasteiger charge is 2.37. The van der Waals surface area contributed by atoms with Crippen LogP contribution >= 0.6 is 12.2 Å². The molecular formula is C13H25N3O2S. The topological polar surface area (TPSA) is 67.6 Å². The molecule has 1 fully saturated rings. The zero-order valence-electron chi connectivity index (χ0n) is 11.9. The van der Waals surface area contributed by atoms with Gasteiger partial charge < -0.3 is 15.8 Å². The molecule has 0 radical (unpaired) electrons. The second-order valence-corrected chi connectivity index (χ2v) is 5.30. The zero-order chi connectivity index (χ0) is 14.3. The van der Waals surface area contributed by atoms with Crippen LogP contribution in [0, 0.1) is 5.41 Å². The number of nitrogens with two attached hydrogens (primary N) is 1. The van der Waals surface area contributed by atoms with Crippen molar-refractivity contribution in [1.29, 1.82) is 0 Å². The van der Waals surface area contributed by atoms with E-state index in [9.17, 15) is 4.79 Å². The van der Waals surface area contributed by atoms with Gasteiger partial charge in [0.05, 0.1) is 23.6 Å². The summed E-state index contributed by atoms with van der Waals surface area (Å²) in [6.07, 6.45) is 1.28. The second-order valence-electron chi connectivity index (χ2n) is 4.86. The maximum Gasteiger partial charge on any atom is 0.233 e. The van der Waals surface area contributed by atoms with Crippen LogP contribution in [-0.4, -0.2) is 55.2 Å². The summed E-state index contributed by atoms with van der Waals surface area (Å²) in [6.45, 7) is 8.77. The molecule has 0 saturated carbocycles. The Hall–Kier alpha value is -0.720. The first kappa shape index (κ1) is 16.3. The van der Waals surface area contributed by atoms with Crippen molar-refractivity contribution in [3.8, 4) is 0 Å². The Kier molecular flexibility index (Phi) is 6.68. The maximum absolute atomic E-state index is 12.3. The van der Waals surface area contributed by atoms with E-state index < -0.39 is 5.41 Å².